The first-order chi connectivity index (χ1) is 14.8. The minimum absolute atomic E-state index is 0.0419. The number of hydrogen-bond donors (Lipinski definition) is 1. The molecule has 30 heavy (non-hydrogen) atoms. The number of nitrogens with one attached hydrogen (secondary N) is 1. The van der Waals surface area contributed by atoms with Crippen LogP contribution in [0.25, 0.3) is 0 Å². The summed E-state index contributed by atoms with van der Waals surface area (Å²) in [5, 5.41) is 3.78. The second kappa shape index (κ2) is 7.83. The average Bonchev–Trinajstić information content (AvgIpc) is 3.30. The minimum Gasteiger partial charge on any atom is -0.377 e. The highest BCUT2D eigenvalue weighted by atomic mass is 16.2. The van der Waals surface area contributed by atoms with Gasteiger partial charge in [0, 0.05) is 18.2 Å². The number of amides is 1. The van der Waals surface area contributed by atoms with Crippen LogP contribution in [0.2, 0.25) is 0 Å². The lowest BCUT2D eigenvalue weighted by Gasteiger charge is -2.38. The Morgan fingerprint density at radius 2 is 1.70 bits per heavy atom. The quantitative estimate of drug-likeness (QED) is 0.536. The Hall–Kier alpha value is -3.33. The van der Waals surface area contributed by atoms with Crippen LogP contribution in [-0.2, 0) is 0 Å². The van der Waals surface area contributed by atoms with Gasteiger partial charge < -0.3 is 10.2 Å². The summed E-state index contributed by atoms with van der Waals surface area (Å²) in [6.07, 6.45) is 5.67. The molecule has 1 aliphatic carbocycles. The second-order valence-electron chi connectivity index (χ2n) is 8.04. The van der Waals surface area contributed by atoms with Crippen LogP contribution >= 0.6 is 0 Å². The van der Waals surface area contributed by atoms with Crippen molar-refractivity contribution in [3.05, 3.63) is 108 Å². The molecule has 3 atom stereocenters. The van der Waals surface area contributed by atoms with Gasteiger partial charge in [0.1, 0.15) is 0 Å². The summed E-state index contributed by atoms with van der Waals surface area (Å²) in [6, 6.07) is 26.9. The summed E-state index contributed by atoms with van der Waals surface area (Å²) in [7, 11) is 0. The van der Waals surface area contributed by atoms with Gasteiger partial charge in [-0.15, -0.1) is 0 Å². The van der Waals surface area contributed by atoms with Crippen molar-refractivity contribution in [3.63, 3.8) is 0 Å². The van der Waals surface area contributed by atoms with Gasteiger partial charge in [-0.1, -0.05) is 72.8 Å². The zero-order valence-electron chi connectivity index (χ0n) is 17.2. The number of carbonyl (C=O) groups excluding carboxylic acids is 1. The lowest BCUT2D eigenvalue weighted by Crippen LogP contribution is -2.34. The topological polar surface area (TPSA) is 32.3 Å². The number of benzene rings is 3. The van der Waals surface area contributed by atoms with Gasteiger partial charge in [0.25, 0.3) is 5.91 Å². The molecule has 2 aliphatic rings. The summed E-state index contributed by atoms with van der Waals surface area (Å²) in [5.41, 5.74) is 5.17. The highest BCUT2D eigenvalue weighted by Gasteiger charge is 2.39. The third kappa shape index (κ3) is 3.11. The molecule has 1 amide bonds. The van der Waals surface area contributed by atoms with E-state index >= 15 is 0 Å². The van der Waals surface area contributed by atoms with Gasteiger partial charge in [-0.25, -0.2) is 0 Å². The second-order valence-corrected chi connectivity index (χ2v) is 8.04. The number of rotatable bonds is 4. The molecular formula is C27H26N2O. The summed E-state index contributed by atoms with van der Waals surface area (Å²) in [5.74, 6) is 0.855. The van der Waals surface area contributed by atoms with E-state index in [2.05, 4.69) is 53.9 Å². The highest BCUT2D eigenvalue weighted by molar-refractivity contribution is 6.10. The molecule has 1 aliphatic heterocycles. The Morgan fingerprint density at radius 1 is 0.967 bits per heavy atom. The van der Waals surface area contributed by atoms with Gasteiger partial charge in [0.05, 0.1) is 17.3 Å². The molecule has 3 aromatic rings. The zero-order chi connectivity index (χ0) is 20.5. The van der Waals surface area contributed by atoms with Crippen LogP contribution < -0.4 is 10.2 Å². The SMILES string of the molecule is CCN(C(=O)c1cccc2c1NC(c1ccccc1)C1CC=CC21)c1ccccc1. The molecule has 1 N–H and O–H groups in total. The number of hydrogen-bond acceptors (Lipinski definition) is 2. The van der Waals surface area contributed by atoms with Crippen LogP contribution in [-0.4, -0.2) is 12.5 Å². The number of allylic oxidation sites excluding steroid dienone is 2. The first-order valence-corrected chi connectivity index (χ1v) is 10.8. The molecule has 0 saturated carbocycles. The number of carbonyl (C=O) groups is 1. The van der Waals surface area contributed by atoms with Crippen LogP contribution in [0.1, 0.15) is 46.8 Å². The molecule has 0 saturated heterocycles. The summed E-state index contributed by atoms with van der Waals surface area (Å²) in [6.45, 7) is 2.65. The van der Waals surface area contributed by atoms with Gasteiger partial charge in [0.15, 0.2) is 0 Å². The van der Waals surface area contributed by atoms with E-state index in [-0.39, 0.29) is 11.9 Å². The number of anilines is 2. The number of para-hydroxylation sites is 2. The van der Waals surface area contributed by atoms with E-state index in [1.807, 2.05) is 54.3 Å². The zero-order valence-corrected chi connectivity index (χ0v) is 17.2. The van der Waals surface area contributed by atoms with Crippen LogP contribution in [0, 0.1) is 5.92 Å². The lowest BCUT2D eigenvalue weighted by atomic mass is 9.76. The van der Waals surface area contributed by atoms with Crippen molar-refractivity contribution >= 4 is 17.3 Å². The van der Waals surface area contributed by atoms with Gasteiger partial charge in [-0.2, -0.15) is 0 Å². The maximum atomic E-state index is 13.7. The fraction of sp³-hybridized carbons (Fsp3) is 0.222. The Morgan fingerprint density at radius 3 is 2.43 bits per heavy atom. The predicted molar refractivity (Wildman–Crippen MR) is 123 cm³/mol. The molecule has 3 nitrogen and oxygen atoms in total. The van der Waals surface area contributed by atoms with E-state index < -0.39 is 0 Å². The minimum atomic E-state index is 0.0419. The molecule has 0 radical (unpaired) electrons. The van der Waals surface area contributed by atoms with Gasteiger partial charge in [-0.3, -0.25) is 4.79 Å². The van der Waals surface area contributed by atoms with Crippen molar-refractivity contribution in [2.24, 2.45) is 5.92 Å². The smallest absolute Gasteiger partial charge is 0.260 e. The van der Waals surface area contributed by atoms with Crippen molar-refractivity contribution in [2.45, 2.75) is 25.3 Å². The summed E-state index contributed by atoms with van der Waals surface area (Å²) in [4.78, 5) is 15.5. The van der Waals surface area contributed by atoms with E-state index in [9.17, 15) is 4.79 Å². The van der Waals surface area contributed by atoms with Crippen molar-refractivity contribution in [2.75, 3.05) is 16.8 Å². The van der Waals surface area contributed by atoms with Crippen LogP contribution in [0.3, 0.4) is 0 Å². The van der Waals surface area contributed by atoms with Gasteiger partial charge in [0.2, 0.25) is 0 Å². The first kappa shape index (κ1) is 18.7. The molecule has 3 heteroatoms. The fourth-order valence-electron chi connectivity index (χ4n) is 4.99. The predicted octanol–water partition coefficient (Wildman–Crippen LogP) is 6.18. The molecule has 0 fully saturated rings. The standard InChI is InChI=1S/C27H26N2O/c1-2-29(20-13-7-4-8-14-20)27(30)24-18-10-17-23-21-15-9-16-22(21)25(28-26(23)24)19-11-5-3-6-12-19/h3-15,17-18,21-22,25,28H,2,16H2,1H3. The molecule has 3 unspecified atom stereocenters. The van der Waals surface area contributed by atoms with Crippen LogP contribution in [0.15, 0.2) is 91.0 Å². The van der Waals surface area contributed by atoms with Gasteiger partial charge in [-0.05, 0) is 48.6 Å². The molecule has 0 bridgehead atoms. The third-order valence-electron chi connectivity index (χ3n) is 6.42. The average molecular weight is 395 g/mol. The normalized spacial score (nSPS) is 21.4. The first-order valence-electron chi connectivity index (χ1n) is 10.8. The molecule has 1 heterocycles. The number of nitrogens with zero attached hydrogens (tertiary/aromatic N) is 1. The van der Waals surface area contributed by atoms with Crippen molar-refractivity contribution < 1.29 is 4.79 Å². The molecule has 150 valence electrons. The van der Waals surface area contributed by atoms with Crippen molar-refractivity contribution in [1.29, 1.82) is 0 Å². The van der Waals surface area contributed by atoms with Crippen molar-refractivity contribution in [1.82, 2.24) is 0 Å². The molecule has 3 aromatic carbocycles. The lowest BCUT2D eigenvalue weighted by molar-refractivity contribution is 0.0988. The Kier molecular flexibility index (Phi) is 4.88. The number of fused-ring (bicyclic) bond motifs is 3. The maximum Gasteiger partial charge on any atom is 0.260 e. The van der Waals surface area contributed by atoms with Crippen molar-refractivity contribution in [3.8, 4) is 0 Å². The van der Waals surface area contributed by atoms with E-state index in [0.717, 1.165) is 23.4 Å². The largest absolute Gasteiger partial charge is 0.377 e. The Bertz CT molecular complexity index is 1070. The monoisotopic (exact) mass is 394 g/mol. The van der Waals surface area contributed by atoms with Crippen LogP contribution in [0.4, 0.5) is 11.4 Å². The fourth-order valence-corrected chi connectivity index (χ4v) is 4.99. The van der Waals surface area contributed by atoms with E-state index in [1.54, 1.807) is 0 Å². The van der Waals surface area contributed by atoms with Crippen LogP contribution in [0.5, 0.6) is 0 Å². The van der Waals surface area contributed by atoms with Gasteiger partial charge >= 0.3 is 0 Å². The maximum absolute atomic E-state index is 13.7. The van der Waals surface area contributed by atoms with E-state index in [1.165, 1.54) is 11.1 Å². The Labute approximate surface area is 178 Å². The molecule has 5 rings (SSSR count). The highest BCUT2D eigenvalue weighted by Crippen LogP contribution is 2.50. The molecule has 0 aromatic heterocycles. The summed E-state index contributed by atoms with van der Waals surface area (Å²) < 4.78 is 0. The Balaban J connectivity index is 1.58. The molecular weight excluding hydrogens is 368 g/mol. The van der Waals surface area contributed by atoms with E-state index in [0.29, 0.717) is 18.4 Å². The third-order valence-corrected chi connectivity index (χ3v) is 6.42. The summed E-state index contributed by atoms with van der Waals surface area (Å²) >= 11 is 0. The molecule has 0 spiro atoms. The van der Waals surface area contributed by atoms with E-state index in [4.69, 9.17) is 0 Å².